The highest BCUT2D eigenvalue weighted by molar-refractivity contribution is 6.74. The Morgan fingerprint density at radius 3 is 2.53 bits per heavy atom. The minimum absolute atomic E-state index is 0.106. The molecule has 0 saturated carbocycles. The summed E-state index contributed by atoms with van der Waals surface area (Å²) in [6.07, 6.45) is 1.86. The second-order valence-corrected chi connectivity index (χ2v) is 14.1. The molecule has 0 radical (unpaired) electrons. The van der Waals surface area contributed by atoms with Crippen LogP contribution in [0.2, 0.25) is 23.3 Å². The Bertz CT molecular complexity index is 986. The first-order chi connectivity index (χ1) is 14.1. The highest BCUT2D eigenvalue weighted by Gasteiger charge is 2.37. The Balaban J connectivity index is 1.92. The van der Waals surface area contributed by atoms with Gasteiger partial charge in [-0.15, -0.1) is 0 Å². The average Bonchev–Trinajstić information content (AvgIpc) is 3.09. The van der Waals surface area contributed by atoms with Gasteiger partial charge in [-0.1, -0.05) is 62.7 Å². The van der Waals surface area contributed by atoms with Crippen molar-refractivity contribution in [3.05, 3.63) is 76.6 Å². The van der Waals surface area contributed by atoms with E-state index in [0.29, 0.717) is 24.4 Å². The monoisotopic (exact) mass is 444 g/mol. The lowest BCUT2D eigenvalue weighted by Gasteiger charge is -2.36. The maximum atomic E-state index is 10.9. The first-order valence-electron chi connectivity index (χ1n) is 9.96. The van der Waals surface area contributed by atoms with Gasteiger partial charge in [0.25, 0.3) is 0 Å². The van der Waals surface area contributed by atoms with E-state index in [0.717, 1.165) is 11.3 Å². The molecule has 1 N–H and O–H groups in total. The van der Waals surface area contributed by atoms with Gasteiger partial charge in [-0.25, -0.2) is 9.97 Å². The lowest BCUT2D eigenvalue weighted by Crippen LogP contribution is -2.40. The number of aliphatic hydroxyl groups excluding tert-OH is 1. The summed E-state index contributed by atoms with van der Waals surface area (Å²) in [5, 5.41) is 15.9. The van der Waals surface area contributed by atoms with Crippen molar-refractivity contribution in [3.8, 4) is 0 Å². The van der Waals surface area contributed by atoms with Crippen LogP contribution >= 0.6 is 11.6 Å². The van der Waals surface area contributed by atoms with Crippen LogP contribution in [0, 0.1) is 0 Å². The summed E-state index contributed by atoms with van der Waals surface area (Å²) in [5.74, 6) is 0. The third-order valence-corrected chi connectivity index (χ3v) is 10.5. The molecule has 3 rings (SSSR count). The molecule has 2 heterocycles. The summed E-state index contributed by atoms with van der Waals surface area (Å²) in [6, 6.07) is 12.0. The predicted molar refractivity (Wildman–Crippen MR) is 121 cm³/mol. The van der Waals surface area contributed by atoms with Crippen molar-refractivity contribution in [1.82, 2.24) is 19.7 Å². The number of nitrogens with zero attached hydrogens (tertiary/aromatic N) is 4. The van der Waals surface area contributed by atoms with Gasteiger partial charge in [-0.05, 0) is 29.8 Å². The van der Waals surface area contributed by atoms with Crippen LogP contribution in [0.15, 0.2) is 48.9 Å². The summed E-state index contributed by atoms with van der Waals surface area (Å²) in [4.78, 5) is 7.93. The van der Waals surface area contributed by atoms with E-state index in [2.05, 4.69) is 61.1 Å². The van der Waals surface area contributed by atoms with Crippen LogP contribution in [0.1, 0.15) is 49.4 Å². The van der Waals surface area contributed by atoms with Crippen LogP contribution in [-0.4, -0.2) is 33.2 Å². The number of benzene rings is 1. The average molecular weight is 445 g/mol. The lowest BCUT2D eigenvalue weighted by molar-refractivity contribution is 0.213. The Kier molecular flexibility index (Phi) is 6.77. The molecule has 0 aliphatic heterocycles. The van der Waals surface area contributed by atoms with Crippen molar-refractivity contribution in [2.24, 2.45) is 0 Å². The van der Waals surface area contributed by atoms with E-state index < -0.39 is 14.4 Å². The quantitative estimate of drug-likeness (QED) is 0.411. The predicted octanol–water partition coefficient (Wildman–Crippen LogP) is 4.98. The van der Waals surface area contributed by atoms with E-state index >= 15 is 0 Å². The van der Waals surface area contributed by atoms with Gasteiger partial charge in [0.1, 0.15) is 17.6 Å². The third-order valence-electron chi connectivity index (χ3n) is 5.71. The largest absolute Gasteiger partial charge is 0.411 e. The van der Waals surface area contributed by atoms with Crippen molar-refractivity contribution < 1.29 is 9.53 Å². The lowest BCUT2D eigenvalue weighted by atomic mass is 10.1. The first-order valence-corrected chi connectivity index (χ1v) is 13.2. The fourth-order valence-corrected chi connectivity index (χ4v) is 3.90. The van der Waals surface area contributed by atoms with Crippen molar-refractivity contribution in [1.29, 1.82) is 0 Å². The van der Waals surface area contributed by atoms with Crippen LogP contribution in [-0.2, 0) is 17.6 Å². The molecule has 8 heteroatoms. The Hall–Kier alpha value is -2.06. The van der Waals surface area contributed by atoms with Crippen LogP contribution < -0.4 is 0 Å². The van der Waals surface area contributed by atoms with Crippen LogP contribution in [0.25, 0.3) is 0 Å². The van der Waals surface area contributed by atoms with E-state index in [-0.39, 0.29) is 10.2 Å². The zero-order valence-corrected chi connectivity index (χ0v) is 19.9. The van der Waals surface area contributed by atoms with Gasteiger partial charge < -0.3 is 9.53 Å². The molecular formula is C22H29ClN4O2Si. The topological polar surface area (TPSA) is 73.1 Å². The Morgan fingerprint density at radius 1 is 1.20 bits per heavy atom. The summed E-state index contributed by atoms with van der Waals surface area (Å²) in [7, 11) is -1.94. The van der Waals surface area contributed by atoms with Gasteiger partial charge in [0.05, 0.1) is 24.5 Å². The summed E-state index contributed by atoms with van der Waals surface area (Å²) >= 11 is 6.15. The fourth-order valence-electron chi connectivity index (χ4n) is 2.76. The number of aliphatic hydroxyl groups is 1. The molecule has 0 saturated heterocycles. The molecule has 1 unspecified atom stereocenters. The minimum atomic E-state index is -1.94. The Labute approximate surface area is 184 Å². The maximum Gasteiger partial charge on any atom is 0.192 e. The molecule has 0 bridgehead atoms. The second-order valence-electron chi connectivity index (χ2n) is 8.92. The molecular weight excluding hydrogens is 416 g/mol. The molecule has 2 aromatic heterocycles. The smallest absolute Gasteiger partial charge is 0.192 e. The van der Waals surface area contributed by atoms with Gasteiger partial charge in [0, 0.05) is 11.8 Å². The van der Waals surface area contributed by atoms with Gasteiger partial charge in [0.15, 0.2) is 8.32 Å². The highest BCUT2D eigenvalue weighted by atomic mass is 35.5. The van der Waals surface area contributed by atoms with Gasteiger partial charge in [-0.2, -0.15) is 5.10 Å². The molecule has 0 aliphatic carbocycles. The summed E-state index contributed by atoms with van der Waals surface area (Å²) in [6.45, 7) is 12.1. The van der Waals surface area contributed by atoms with Gasteiger partial charge in [0.2, 0.25) is 0 Å². The molecule has 1 aromatic carbocycles. The van der Waals surface area contributed by atoms with Crippen LogP contribution in [0.4, 0.5) is 0 Å². The molecule has 0 aliphatic rings. The number of rotatable bonds is 7. The van der Waals surface area contributed by atoms with E-state index in [1.165, 1.54) is 12.5 Å². The number of hydrogen-bond donors (Lipinski definition) is 1. The zero-order chi connectivity index (χ0) is 21.9. The molecule has 0 amide bonds. The van der Waals surface area contributed by atoms with Crippen molar-refractivity contribution in [2.45, 2.75) is 58.2 Å². The minimum Gasteiger partial charge on any atom is -0.411 e. The van der Waals surface area contributed by atoms with Crippen LogP contribution in [0.5, 0.6) is 0 Å². The molecule has 0 fully saturated rings. The van der Waals surface area contributed by atoms with Crippen molar-refractivity contribution in [3.63, 3.8) is 0 Å². The molecule has 30 heavy (non-hydrogen) atoms. The molecule has 1 atom stereocenters. The fraction of sp³-hybridized carbons (Fsp3) is 0.409. The van der Waals surface area contributed by atoms with Gasteiger partial charge in [-0.3, -0.25) is 4.68 Å². The molecule has 3 aromatic rings. The van der Waals surface area contributed by atoms with Crippen LogP contribution in [0.3, 0.4) is 0 Å². The van der Waals surface area contributed by atoms with Crippen molar-refractivity contribution >= 4 is 19.9 Å². The van der Waals surface area contributed by atoms with E-state index in [9.17, 15) is 5.11 Å². The highest BCUT2D eigenvalue weighted by Crippen LogP contribution is 2.37. The summed E-state index contributed by atoms with van der Waals surface area (Å²) < 4.78 is 8.31. The first kappa shape index (κ1) is 22.6. The normalized spacial score (nSPS) is 13.4. The standard InChI is InChI=1S/C22H29ClN4O2Si/c1-22(2,3)30(4,5)29-14-17-11-19(20(28)18-12-24-15-25-21(18)23)26-27(17)13-16-9-7-6-8-10-16/h6-12,15,20,28H,13-14H2,1-5H3. The molecule has 0 spiro atoms. The second kappa shape index (κ2) is 8.97. The van der Waals surface area contributed by atoms with Crippen molar-refractivity contribution in [2.75, 3.05) is 0 Å². The van der Waals surface area contributed by atoms with E-state index in [1.54, 1.807) is 0 Å². The molecule has 6 nitrogen and oxygen atoms in total. The molecule has 160 valence electrons. The zero-order valence-electron chi connectivity index (χ0n) is 18.1. The number of hydrogen-bond acceptors (Lipinski definition) is 5. The SMILES string of the molecule is CC(C)(C)[Si](C)(C)OCc1cc(C(O)c2cncnc2Cl)nn1Cc1ccccc1. The van der Waals surface area contributed by atoms with Gasteiger partial charge >= 0.3 is 0 Å². The Morgan fingerprint density at radius 2 is 1.90 bits per heavy atom. The number of aromatic nitrogens is 4. The van der Waals surface area contributed by atoms with E-state index in [4.69, 9.17) is 16.0 Å². The third kappa shape index (κ3) is 5.15. The number of halogens is 1. The summed E-state index contributed by atoms with van der Waals surface area (Å²) in [5.41, 5.74) is 2.96. The van der Waals surface area contributed by atoms with E-state index in [1.807, 2.05) is 28.9 Å². The maximum absolute atomic E-state index is 10.9.